The Balaban J connectivity index is 1.86. The first-order valence-electron chi connectivity index (χ1n) is 7.48. The molecule has 0 aliphatic heterocycles. The Morgan fingerprint density at radius 2 is 1.92 bits per heavy atom. The maximum absolute atomic E-state index is 12.6. The molecule has 0 atom stereocenters. The normalized spacial score (nSPS) is 10.4. The lowest BCUT2D eigenvalue weighted by molar-refractivity contribution is 0.101. The summed E-state index contributed by atoms with van der Waals surface area (Å²) in [5.74, 6) is -0.130. The van der Waals surface area contributed by atoms with Crippen LogP contribution < -0.4 is 14.8 Å². The quantitative estimate of drug-likeness (QED) is 0.766. The van der Waals surface area contributed by atoms with Crippen molar-refractivity contribution in [2.45, 2.75) is 0 Å². The summed E-state index contributed by atoms with van der Waals surface area (Å²) in [7, 11) is 4.62. The average Bonchev–Trinajstić information content (AvgIpc) is 3.04. The monoisotopic (exact) mass is 339 g/mol. The van der Waals surface area contributed by atoms with Gasteiger partial charge in [0.05, 0.1) is 26.1 Å². The number of methoxy groups -OCH3 is 2. The van der Waals surface area contributed by atoms with Crippen molar-refractivity contribution in [2.75, 3.05) is 19.5 Å². The SMILES string of the molecule is COc1ncc(NC(=O)c2cc(-c3ccccc3)nn2C)c(OC)n1. The molecule has 3 aromatic rings. The average molecular weight is 339 g/mol. The van der Waals surface area contributed by atoms with E-state index >= 15 is 0 Å². The van der Waals surface area contributed by atoms with Gasteiger partial charge in [0.2, 0.25) is 5.88 Å². The zero-order chi connectivity index (χ0) is 17.8. The van der Waals surface area contributed by atoms with Gasteiger partial charge in [0.25, 0.3) is 5.91 Å². The predicted molar refractivity (Wildman–Crippen MR) is 91.7 cm³/mol. The fourth-order valence-electron chi connectivity index (χ4n) is 2.31. The number of carbonyl (C=O) groups excluding carboxylic acids is 1. The van der Waals surface area contributed by atoms with Gasteiger partial charge >= 0.3 is 6.01 Å². The molecular weight excluding hydrogens is 322 g/mol. The van der Waals surface area contributed by atoms with Crippen LogP contribution in [0.5, 0.6) is 11.9 Å². The van der Waals surface area contributed by atoms with E-state index in [9.17, 15) is 4.79 Å². The molecule has 1 amide bonds. The Morgan fingerprint density at radius 3 is 2.60 bits per heavy atom. The van der Waals surface area contributed by atoms with Crippen molar-refractivity contribution >= 4 is 11.6 Å². The Labute approximate surface area is 144 Å². The van der Waals surface area contributed by atoms with Gasteiger partial charge < -0.3 is 14.8 Å². The summed E-state index contributed by atoms with van der Waals surface area (Å²) in [5.41, 5.74) is 2.39. The standard InChI is InChI=1S/C17H17N5O3/c1-22-14(9-12(21-22)11-7-5-4-6-8-11)15(23)19-13-10-18-17(25-3)20-16(13)24-2/h4-10H,1-3H3,(H,19,23). The van der Waals surface area contributed by atoms with Crippen LogP contribution in [-0.2, 0) is 7.05 Å². The molecule has 1 aromatic carbocycles. The third-order valence-corrected chi connectivity index (χ3v) is 3.54. The van der Waals surface area contributed by atoms with E-state index < -0.39 is 0 Å². The highest BCUT2D eigenvalue weighted by Crippen LogP contribution is 2.24. The number of aromatic nitrogens is 4. The van der Waals surface area contributed by atoms with E-state index in [1.165, 1.54) is 25.1 Å². The lowest BCUT2D eigenvalue weighted by Crippen LogP contribution is -2.17. The molecule has 0 bridgehead atoms. The number of rotatable bonds is 5. The zero-order valence-corrected chi connectivity index (χ0v) is 14.1. The second kappa shape index (κ2) is 7.00. The van der Waals surface area contributed by atoms with Crippen LogP contribution >= 0.6 is 0 Å². The number of ether oxygens (including phenoxy) is 2. The lowest BCUT2D eigenvalue weighted by atomic mass is 10.1. The minimum Gasteiger partial charge on any atom is -0.479 e. The molecule has 1 N–H and O–H groups in total. The van der Waals surface area contributed by atoms with Gasteiger partial charge in [0, 0.05) is 12.6 Å². The topological polar surface area (TPSA) is 91.2 Å². The number of nitrogens with one attached hydrogen (secondary N) is 1. The first kappa shape index (κ1) is 16.4. The summed E-state index contributed by atoms with van der Waals surface area (Å²) in [6, 6.07) is 11.5. The molecule has 8 nitrogen and oxygen atoms in total. The van der Waals surface area contributed by atoms with Crippen molar-refractivity contribution in [2.24, 2.45) is 7.05 Å². The van der Waals surface area contributed by atoms with Crippen LogP contribution in [0.2, 0.25) is 0 Å². The van der Waals surface area contributed by atoms with E-state index in [-0.39, 0.29) is 17.8 Å². The van der Waals surface area contributed by atoms with Crippen LogP contribution in [0.1, 0.15) is 10.5 Å². The van der Waals surface area contributed by atoms with Crippen molar-refractivity contribution in [3.63, 3.8) is 0 Å². The van der Waals surface area contributed by atoms with Crippen molar-refractivity contribution in [3.8, 4) is 23.1 Å². The maximum atomic E-state index is 12.6. The molecular formula is C17H17N5O3. The Kier molecular flexibility index (Phi) is 4.60. The van der Waals surface area contributed by atoms with Crippen LogP contribution in [0.3, 0.4) is 0 Å². The molecule has 0 radical (unpaired) electrons. The molecule has 0 saturated carbocycles. The summed E-state index contributed by atoms with van der Waals surface area (Å²) in [6.45, 7) is 0. The van der Waals surface area contributed by atoms with Gasteiger partial charge in [-0.25, -0.2) is 4.98 Å². The van der Waals surface area contributed by atoms with Gasteiger partial charge in [-0.05, 0) is 6.07 Å². The Hall–Kier alpha value is -3.42. The summed E-state index contributed by atoms with van der Waals surface area (Å²) in [6.07, 6.45) is 1.43. The Morgan fingerprint density at radius 1 is 1.16 bits per heavy atom. The number of amides is 1. The van der Waals surface area contributed by atoms with Crippen molar-refractivity contribution in [1.82, 2.24) is 19.7 Å². The number of anilines is 1. The lowest BCUT2D eigenvalue weighted by Gasteiger charge is -2.09. The van der Waals surface area contributed by atoms with Crippen LogP contribution in [0.25, 0.3) is 11.3 Å². The fourth-order valence-corrected chi connectivity index (χ4v) is 2.31. The van der Waals surface area contributed by atoms with Gasteiger partial charge in [0.1, 0.15) is 11.4 Å². The molecule has 0 saturated heterocycles. The highest BCUT2D eigenvalue weighted by atomic mass is 16.5. The summed E-state index contributed by atoms with van der Waals surface area (Å²) < 4.78 is 11.6. The third kappa shape index (κ3) is 3.42. The van der Waals surface area contributed by atoms with E-state index in [4.69, 9.17) is 9.47 Å². The van der Waals surface area contributed by atoms with Gasteiger partial charge in [0.15, 0.2) is 0 Å². The first-order chi connectivity index (χ1) is 12.1. The summed E-state index contributed by atoms with van der Waals surface area (Å²) in [4.78, 5) is 20.6. The molecule has 128 valence electrons. The van der Waals surface area contributed by atoms with Crippen molar-refractivity contribution < 1.29 is 14.3 Å². The minimum absolute atomic E-state index is 0.154. The van der Waals surface area contributed by atoms with Gasteiger partial charge in [-0.3, -0.25) is 9.48 Å². The van der Waals surface area contributed by atoms with Crippen LogP contribution in [0.4, 0.5) is 5.69 Å². The molecule has 0 unspecified atom stereocenters. The minimum atomic E-state index is -0.343. The molecule has 8 heteroatoms. The van der Waals surface area contributed by atoms with Crippen molar-refractivity contribution in [1.29, 1.82) is 0 Å². The molecule has 2 heterocycles. The number of aryl methyl sites for hydroxylation is 1. The molecule has 0 fully saturated rings. The second-order valence-corrected chi connectivity index (χ2v) is 5.14. The molecule has 3 rings (SSSR count). The van der Waals surface area contributed by atoms with Crippen molar-refractivity contribution in [3.05, 3.63) is 48.3 Å². The highest BCUT2D eigenvalue weighted by molar-refractivity contribution is 6.04. The van der Waals surface area contributed by atoms with E-state index in [1.54, 1.807) is 13.1 Å². The maximum Gasteiger partial charge on any atom is 0.319 e. The Bertz CT molecular complexity index is 893. The number of hydrogen-bond donors (Lipinski definition) is 1. The van der Waals surface area contributed by atoms with E-state index in [0.717, 1.165) is 5.56 Å². The zero-order valence-electron chi connectivity index (χ0n) is 14.1. The van der Waals surface area contributed by atoms with Gasteiger partial charge in [-0.1, -0.05) is 30.3 Å². The molecule has 0 aliphatic carbocycles. The summed E-state index contributed by atoms with van der Waals surface area (Å²) in [5, 5.41) is 7.12. The number of hydrogen-bond acceptors (Lipinski definition) is 6. The van der Waals surface area contributed by atoms with E-state index in [1.807, 2.05) is 30.3 Å². The number of nitrogens with zero attached hydrogens (tertiary/aromatic N) is 4. The van der Waals surface area contributed by atoms with E-state index in [0.29, 0.717) is 17.1 Å². The third-order valence-electron chi connectivity index (χ3n) is 3.54. The summed E-state index contributed by atoms with van der Waals surface area (Å²) >= 11 is 0. The number of carbonyl (C=O) groups is 1. The van der Waals surface area contributed by atoms with Crippen LogP contribution in [0.15, 0.2) is 42.6 Å². The molecule has 0 aliphatic rings. The largest absolute Gasteiger partial charge is 0.479 e. The number of benzene rings is 1. The first-order valence-corrected chi connectivity index (χ1v) is 7.48. The van der Waals surface area contributed by atoms with E-state index in [2.05, 4.69) is 20.4 Å². The fraction of sp³-hybridized carbons (Fsp3) is 0.176. The molecule has 25 heavy (non-hydrogen) atoms. The molecule has 0 spiro atoms. The highest BCUT2D eigenvalue weighted by Gasteiger charge is 2.17. The predicted octanol–water partition coefficient (Wildman–Crippen LogP) is 2.15. The van der Waals surface area contributed by atoms with Crippen LogP contribution in [0, 0.1) is 0 Å². The second-order valence-electron chi connectivity index (χ2n) is 5.14. The van der Waals surface area contributed by atoms with Gasteiger partial charge in [-0.15, -0.1) is 0 Å². The molecule has 2 aromatic heterocycles. The smallest absolute Gasteiger partial charge is 0.319 e. The van der Waals surface area contributed by atoms with Crippen LogP contribution in [-0.4, -0.2) is 39.9 Å². The van der Waals surface area contributed by atoms with Gasteiger partial charge in [-0.2, -0.15) is 10.1 Å².